The Morgan fingerprint density at radius 1 is 1.39 bits per heavy atom. The molecule has 1 aliphatic heterocycles. The fourth-order valence-corrected chi connectivity index (χ4v) is 5.63. The number of carbonyl (C=O) groups excluding carboxylic acids is 2. The van der Waals surface area contributed by atoms with Gasteiger partial charge in [0, 0.05) is 18.0 Å². The van der Waals surface area contributed by atoms with Gasteiger partial charge >= 0.3 is 0 Å². The largest absolute Gasteiger partial charge is 0.410 e. The highest BCUT2D eigenvalue weighted by atomic mass is 32.2. The highest BCUT2D eigenvalue weighted by Crippen LogP contribution is 2.37. The number of hydrogen-bond donors (Lipinski definition) is 1. The number of carbonyl (C=O) groups is 2. The van der Waals surface area contributed by atoms with Gasteiger partial charge in [0.25, 0.3) is 11.1 Å². The van der Waals surface area contributed by atoms with Crippen molar-refractivity contribution in [3.05, 3.63) is 16.5 Å². The topological polar surface area (TPSA) is 102 Å². The molecule has 0 saturated carbocycles. The minimum Gasteiger partial charge on any atom is -0.410 e. The van der Waals surface area contributed by atoms with E-state index in [1.807, 2.05) is 0 Å². The van der Waals surface area contributed by atoms with Gasteiger partial charge in [-0.15, -0.1) is 21.5 Å². The molecule has 0 aromatic carbocycles. The molecule has 150 valence electrons. The van der Waals surface area contributed by atoms with Crippen LogP contribution in [0.4, 0.5) is 0 Å². The average molecular weight is 421 g/mol. The van der Waals surface area contributed by atoms with Crippen LogP contribution in [0.3, 0.4) is 0 Å². The van der Waals surface area contributed by atoms with Crippen molar-refractivity contribution in [3.8, 4) is 10.8 Å². The summed E-state index contributed by atoms with van der Waals surface area (Å²) < 4.78 is 5.78. The number of aromatic nitrogens is 2. The molecule has 2 aliphatic rings. The van der Waals surface area contributed by atoms with Gasteiger partial charge in [-0.3, -0.25) is 9.59 Å². The summed E-state index contributed by atoms with van der Waals surface area (Å²) in [4.78, 5) is 28.0. The third-order valence-corrected chi connectivity index (χ3v) is 7.47. The number of likely N-dealkylation sites (tertiary alicyclic amines) is 1. The number of rotatable bonds is 5. The molecule has 2 atom stereocenters. The molecule has 1 saturated heterocycles. The first-order valence-corrected chi connectivity index (χ1v) is 11.4. The monoisotopic (exact) mass is 420 g/mol. The van der Waals surface area contributed by atoms with Gasteiger partial charge in [-0.05, 0) is 49.7 Å². The lowest BCUT2D eigenvalue weighted by atomic mass is 9.90. The molecule has 0 radical (unpaired) electrons. The second-order valence-electron chi connectivity index (χ2n) is 7.65. The quantitative estimate of drug-likeness (QED) is 0.746. The van der Waals surface area contributed by atoms with E-state index in [4.69, 9.17) is 10.2 Å². The average Bonchev–Trinajstić information content (AvgIpc) is 3.32. The Labute approximate surface area is 172 Å². The number of thiophene rings is 1. The van der Waals surface area contributed by atoms with Crippen LogP contribution in [0, 0.1) is 11.8 Å². The first kappa shape index (κ1) is 19.4. The maximum absolute atomic E-state index is 12.4. The van der Waals surface area contributed by atoms with Crippen LogP contribution in [-0.4, -0.2) is 45.8 Å². The number of nitrogens with two attached hydrogens (primary N) is 1. The molecule has 0 unspecified atom stereocenters. The number of primary amides is 1. The molecule has 2 amide bonds. The molecule has 0 bridgehead atoms. The smallest absolute Gasteiger partial charge is 0.277 e. The minimum atomic E-state index is -0.334. The Balaban J connectivity index is 1.35. The van der Waals surface area contributed by atoms with E-state index < -0.39 is 0 Å². The zero-order valence-corrected chi connectivity index (χ0v) is 17.5. The first-order valence-electron chi connectivity index (χ1n) is 9.65. The van der Waals surface area contributed by atoms with Crippen LogP contribution in [0.1, 0.15) is 36.6 Å². The van der Waals surface area contributed by atoms with Gasteiger partial charge in [0.2, 0.25) is 11.8 Å². The van der Waals surface area contributed by atoms with Crippen LogP contribution in [-0.2, 0) is 22.4 Å². The van der Waals surface area contributed by atoms with E-state index in [9.17, 15) is 9.59 Å². The van der Waals surface area contributed by atoms with Crippen LogP contribution in [0.5, 0.6) is 0 Å². The predicted molar refractivity (Wildman–Crippen MR) is 108 cm³/mol. The minimum absolute atomic E-state index is 0.0312. The Kier molecular flexibility index (Phi) is 5.73. The Hall–Kier alpha value is -1.87. The van der Waals surface area contributed by atoms with Crippen molar-refractivity contribution in [3.63, 3.8) is 0 Å². The molecule has 28 heavy (non-hydrogen) atoms. The van der Waals surface area contributed by atoms with Crippen molar-refractivity contribution in [1.29, 1.82) is 0 Å². The highest BCUT2D eigenvalue weighted by Gasteiger charge is 2.27. The molecule has 2 aromatic heterocycles. The summed E-state index contributed by atoms with van der Waals surface area (Å²) in [7, 11) is 0. The number of thioether (sulfide) groups is 1. The molecule has 1 aliphatic carbocycles. The van der Waals surface area contributed by atoms with Crippen molar-refractivity contribution in [2.45, 2.75) is 44.3 Å². The van der Waals surface area contributed by atoms with E-state index in [1.165, 1.54) is 28.6 Å². The summed E-state index contributed by atoms with van der Waals surface area (Å²) in [6, 6.07) is 2.17. The highest BCUT2D eigenvalue weighted by molar-refractivity contribution is 7.99. The first-order chi connectivity index (χ1) is 13.5. The molecule has 4 rings (SSSR count). The van der Waals surface area contributed by atoms with E-state index in [-0.39, 0.29) is 23.5 Å². The summed E-state index contributed by atoms with van der Waals surface area (Å²) in [6.45, 7) is 3.35. The van der Waals surface area contributed by atoms with Crippen LogP contribution < -0.4 is 5.73 Å². The molecule has 2 N–H and O–H groups in total. The van der Waals surface area contributed by atoms with Gasteiger partial charge in [0.05, 0.1) is 16.5 Å². The zero-order chi connectivity index (χ0) is 19.7. The molecule has 0 spiro atoms. The maximum Gasteiger partial charge on any atom is 0.277 e. The van der Waals surface area contributed by atoms with Crippen molar-refractivity contribution >= 4 is 34.9 Å². The van der Waals surface area contributed by atoms with Crippen molar-refractivity contribution in [2.75, 3.05) is 18.8 Å². The van der Waals surface area contributed by atoms with Crippen LogP contribution in [0.15, 0.2) is 15.7 Å². The van der Waals surface area contributed by atoms with E-state index >= 15 is 0 Å². The number of aryl methyl sites for hydroxylation is 1. The Morgan fingerprint density at radius 2 is 2.25 bits per heavy atom. The van der Waals surface area contributed by atoms with E-state index in [0.29, 0.717) is 24.2 Å². The Morgan fingerprint density at radius 3 is 3.07 bits per heavy atom. The third kappa shape index (κ3) is 4.25. The molecule has 1 fully saturated rings. The molecule has 7 nitrogen and oxygen atoms in total. The van der Waals surface area contributed by atoms with Crippen LogP contribution in [0.25, 0.3) is 10.8 Å². The summed E-state index contributed by atoms with van der Waals surface area (Å²) in [5.74, 6) is 0.847. The van der Waals surface area contributed by atoms with Gasteiger partial charge in [-0.2, -0.15) is 0 Å². The molecule has 2 aromatic rings. The summed E-state index contributed by atoms with van der Waals surface area (Å²) in [6.07, 6.45) is 5.01. The van der Waals surface area contributed by atoms with Gasteiger partial charge in [0.15, 0.2) is 0 Å². The molecular formula is C19H24N4O3S2. The van der Waals surface area contributed by atoms with Gasteiger partial charge < -0.3 is 15.1 Å². The lowest BCUT2D eigenvalue weighted by Gasteiger charge is -2.31. The summed E-state index contributed by atoms with van der Waals surface area (Å²) in [5, 5.41) is 8.64. The SMILES string of the molecule is C[C@H]1CCc2sc(-c3nnc(SCC(=O)N4CCC[C@@H](C(N)=O)C4)o3)cc2C1. The second kappa shape index (κ2) is 8.24. The maximum atomic E-state index is 12.4. The van der Waals surface area contributed by atoms with Crippen LogP contribution in [0.2, 0.25) is 0 Å². The lowest BCUT2D eigenvalue weighted by Crippen LogP contribution is -2.44. The normalized spacial score (nSPS) is 22.1. The number of hydrogen-bond acceptors (Lipinski definition) is 7. The van der Waals surface area contributed by atoms with Crippen molar-refractivity contribution in [2.24, 2.45) is 17.6 Å². The van der Waals surface area contributed by atoms with E-state index in [0.717, 1.165) is 36.5 Å². The Bertz CT molecular complexity index is 878. The molecule has 3 heterocycles. The van der Waals surface area contributed by atoms with Crippen molar-refractivity contribution in [1.82, 2.24) is 15.1 Å². The van der Waals surface area contributed by atoms with E-state index in [2.05, 4.69) is 23.2 Å². The predicted octanol–water partition coefficient (Wildman–Crippen LogP) is 2.74. The number of piperidine rings is 1. The fourth-order valence-electron chi connectivity index (χ4n) is 3.83. The number of amides is 2. The van der Waals surface area contributed by atoms with Gasteiger partial charge in [0.1, 0.15) is 0 Å². The zero-order valence-electron chi connectivity index (χ0n) is 15.8. The summed E-state index contributed by atoms with van der Waals surface area (Å²) >= 11 is 2.97. The fraction of sp³-hybridized carbons (Fsp3) is 0.579. The van der Waals surface area contributed by atoms with Crippen LogP contribution >= 0.6 is 23.1 Å². The number of fused-ring (bicyclic) bond motifs is 1. The second-order valence-corrected chi connectivity index (χ2v) is 9.71. The molecule has 9 heteroatoms. The summed E-state index contributed by atoms with van der Waals surface area (Å²) in [5.41, 5.74) is 6.78. The third-order valence-electron chi connectivity index (χ3n) is 5.44. The van der Waals surface area contributed by atoms with Gasteiger partial charge in [-0.1, -0.05) is 18.7 Å². The molecular weight excluding hydrogens is 396 g/mol. The standard InChI is InChI=1S/C19H24N4O3S2/c1-11-4-5-14-13(7-11)8-15(28-14)18-21-22-19(26-18)27-10-16(24)23-6-2-3-12(9-23)17(20)25/h8,11-12H,2-7,9-10H2,1H3,(H2,20,25)/t11-,12+/m0/s1. The van der Waals surface area contributed by atoms with Gasteiger partial charge in [-0.25, -0.2) is 0 Å². The lowest BCUT2D eigenvalue weighted by molar-refractivity contribution is -0.132. The number of nitrogens with zero attached hydrogens (tertiary/aromatic N) is 3. The van der Waals surface area contributed by atoms with E-state index in [1.54, 1.807) is 16.2 Å². The van der Waals surface area contributed by atoms with Crippen molar-refractivity contribution < 1.29 is 14.0 Å².